The van der Waals surface area contributed by atoms with Gasteiger partial charge in [0.05, 0.1) is 0 Å². The van der Waals surface area contributed by atoms with E-state index >= 15 is 0 Å². The Balaban J connectivity index is 2.97. The lowest BCUT2D eigenvalue weighted by molar-refractivity contribution is -0.139. The highest BCUT2D eigenvalue weighted by Gasteiger charge is 2.30. The third-order valence-electron chi connectivity index (χ3n) is 3.57. The molecular formula is C17H24NO5S. The Kier molecular flexibility index (Phi) is 6.68. The molecule has 24 heavy (non-hydrogen) atoms. The number of carboxylic acids is 1. The largest absolute Gasteiger partial charge is 0.480 e. The van der Waals surface area contributed by atoms with Crippen LogP contribution in [0.25, 0.3) is 0 Å². The number of unbranched alkanes of at least 4 members (excludes halogenated alkanes) is 1. The first-order chi connectivity index (χ1) is 11.0. The second-order valence-electron chi connectivity index (χ2n) is 6.62. The molecule has 6 nitrogen and oxygen atoms in total. The molecule has 0 aliphatic heterocycles. The third-order valence-corrected chi connectivity index (χ3v) is 4.89. The van der Waals surface area contributed by atoms with Crippen molar-refractivity contribution >= 4 is 21.1 Å². The molecule has 1 aromatic carbocycles. The average Bonchev–Trinajstić information content (AvgIpc) is 2.49. The number of aliphatic carboxylic acids is 1. The second kappa shape index (κ2) is 7.90. The van der Waals surface area contributed by atoms with E-state index in [1.807, 2.05) is 25.5 Å². The van der Waals surface area contributed by atoms with Crippen molar-refractivity contribution in [2.45, 2.75) is 51.5 Å². The SMILES string of the molecule is [CH2]CCCC(NS(=O)(=O)C(=O)c1ccc(C(C)(C)C)cc1)C(=O)O. The maximum atomic E-state index is 12.2. The van der Waals surface area contributed by atoms with Crippen molar-refractivity contribution < 1.29 is 23.1 Å². The maximum absolute atomic E-state index is 12.2. The van der Waals surface area contributed by atoms with Crippen LogP contribution in [0.2, 0.25) is 0 Å². The van der Waals surface area contributed by atoms with Crippen molar-refractivity contribution in [1.82, 2.24) is 4.72 Å². The highest BCUT2D eigenvalue weighted by Crippen LogP contribution is 2.22. The van der Waals surface area contributed by atoms with E-state index in [9.17, 15) is 18.0 Å². The van der Waals surface area contributed by atoms with Gasteiger partial charge in [-0.3, -0.25) is 9.59 Å². The highest BCUT2D eigenvalue weighted by atomic mass is 32.2. The summed E-state index contributed by atoms with van der Waals surface area (Å²) in [4.78, 5) is 23.3. The Labute approximate surface area is 143 Å². The molecule has 0 aliphatic rings. The van der Waals surface area contributed by atoms with Crippen LogP contribution < -0.4 is 4.72 Å². The zero-order chi connectivity index (χ0) is 18.5. The maximum Gasteiger partial charge on any atom is 0.321 e. The van der Waals surface area contributed by atoms with Crippen LogP contribution >= 0.6 is 0 Å². The van der Waals surface area contributed by atoms with Gasteiger partial charge < -0.3 is 5.11 Å². The monoisotopic (exact) mass is 354 g/mol. The summed E-state index contributed by atoms with van der Waals surface area (Å²) in [5, 5.41) is 7.95. The Morgan fingerprint density at radius 3 is 2.17 bits per heavy atom. The Morgan fingerprint density at radius 1 is 1.21 bits per heavy atom. The molecule has 1 aromatic rings. The molecule has 133 valence electrons. The van der Waals surface area contributed by atoms with Crippen molar-refractivity contribution in [2.24, 2.45) is 0 Å². The molecule has 1 radical (unpaired) electrons. The molecule has 0 saturated heterocycles. The number of hydrogen-bond donors (Lipinski definition) is 2. The summed E-state index contributed by atoms with van der Waals surface area (Å²) in [7, 11) is -4.43. The average molecular weight is 354 g/mol. The van der Waals surface area contributed by atoms with Gasteiger partial charge in [-0.2, -0.15) is 4.72 Å². The van der Waals surface area contributed by atoms with E-state index in [1.54, 1.807) is 12.1 Å². The summed E-state index contributed by atoms with van der Waals surface area (Å²) in [6, 6.07) is 4.93. The van der Waals surface area contributed by atoms with E-state index in [0.717, 1.165) is 5.56 Å². The lowest BCUT2D eigenvalue weighted by Crippen LogP contribution is -2.43. The lowest BCUT2D eigenvalue weighted by Gasteiger charge is -2.19. The van der Waals surface area contributed by atoms with Crippen LogP contribution in [-0.2, 0) is 20.2 Å². The highest BCUT2D eigenvalue weighted by molar-refractivity contribution is 8.05. The van der Waals surface area contributed by atoms with E-state index in [2.05, 4.69) is 6.92 Å². The van der Waals surface area contributed by atoms with Crippen LogP contribution in [0.1, 0.15) is 56.0 Å². The number of rotatable bonds is 7. The summed E-state index contributed by atoms with van der Waals surface area (Å²) < 4.78 is 26.3. The molecule has 0 spiro atoms. The minimum absolute atomic E-state index is 0.00297. The molecule has 0 amide bonds. The first kappa shape index (κ1) is 20.3. The number of carboxylic acid groups (broad SMARTS) is 1. The number of carbonyl (C=O) groups is 2. The molecule has 1 atom stereocenters. The van der Waals surface area contributed by atoms with Gasteiger partial charge in [0.15, 0.2) is 0 Å². The number of sulfonamides is 1. The van der Waals surface area contributed by atoms with Crippen LogP contribution in [0.3, 0.4) is 0 Å². The lowest BCUT2D eigenvalue weighted by atomic mass is 9.87. The van der Waals surface area contributed by atoms with E-state index in [0.29, 0.717) is 12.8 Å². The van der Waals surface area contributed by atoms with Gasteiger partial charge in [-0.15, -0.1) is 0 Å². The van der Waals surface area contributed by atoms with Crippen molar-refractivity contribution in [3.8, 4) is 0 Å². The molecule has 1 rings (SSSR count). The van der Waals surface area contributed by atoms with Crippen LogP contribution in [0, 0.1) is 6.92 Å². The van der Waals surface area contributed by atoms with Crippen molar-refractivity contribution in [3.05, 3.63) is 42.3 Å². The number of hydrogen-bond acceptors (Lipinski definition) is 4. The minimum atomic E-state index is -4.43. The van der Waals surface area contributed by atoms with Crippen LogP contribution in [0.15, 0.2) is 24.3 Å². The van der Waals surface area contributed by atoms with Gasteiger partial charge in [-0.25, -0.2) is 8.42 Å². The first-order valence-electron chi connectivity index (χ1n) is 7.68. The third kappa shape index (κ3) is 5.42. The zero-order valence-corrected chi connectivity index (χ0v) is 15.0. The molecule has 0 saturated carbocycles. The van der Waals surface area contributed by atoms with Gasteiger partial charge in [-0.05, 0) is 29.5 Å². The zero-order valence-electron chi connectivity index (χ0n) is 14.2. The fourth-order valence-electron chi connectivity index (χ4n) is 2.08. The molecule has 0 heterocycles. The van der Waals surface area contributed by atoms with E-state index < -0.39 is 27.1 Å². The number of nitrogens with one attached hydrogen (secondary N) is 1. The van der Waals surface area contributed by atoms with Gasteiger partial charge in [0.2, 0.25) is 0 Å². The van der Waals surface area contributed by atoms with E-state index in [1.165, 1.54) is 12.1 Å². The van der Waals surface area contributed by atoms with Crippen LogP contribution in [0.4, 0.5) is 0 Å². The van der Waals surface area contributed by atoms with Crippen molar-refractivity contribution in [1.29, 1.82) is 0 Å². The van der Waals surface area contributed by atoms with Gasteiger partial charge >= 0.3 is 5.97 Å². The summed E-state index contributed by atoms with van der Waals surface area (Å²) in [5.41, 5.74) is 0.835. The molecule has 7 heteroatoms. The molecule has 0 bridgehead atoms. The standard InChI is InChI=1S/C17H24NO5S/c1-5-6-7-14(15(19)20)18-24(22,23)16(21)12-8-10-13(11-9-12)17(2,3)4/h8-11,14,18H,1,5-7H2,2-4H3,(H,19,20). The molecule has 0 aromatic heterocycles. The van der Waals surface area contributed by atoms with E-state index in [-0.39, 0.29) is 17.4 Å². The van der Waals surface area contributed by atoms with E-state index in [4.69, 9.17) is 5.11 Å². The summed E-state index contributed by atoms with van der Waals surface area (Å²) in [5.74, 6) is -1.32. The quantitative estimate of drug-likeness (QED) is 0.783. The molecule has 2 N–H and O–H groups in total. The fraction of sp³-hybridized carbons (Fsp3) is 0.471. The normalized spacial score (nSPS) is 13.5. The summed E-state index contributed by atoms with van der Waals surface area (Å²) in [6.45, 7) is 9.59. The van der Waals surface area contributed by atoms with Gasteiger partial charge in [0, 0.05) is 5.56 Å². The molecule has 0 aliphatic carbocycles. The van der Waals surface area contributed by atoms with Crippen LogP contribution in [0.5, 0.6) is 0 Å². The molecule has 1 unspecified atom stereocenters. The van der Waals surface area contributed by atoms with Crippen molar-refractivity contribution in [3.63, 3.8) is 0 Å². The predicted molar refractivity (Wildman–Crippen MR) is 92.2 cm³/mol. The predicted octanol–water partition coefficient (Wildman–Crippen LogP) is 2.50. The molecular weight excluding hydrogens is 330 g/mol. The Morgan fingerprint density at radius 2 is 1.75 bits per heavy atom. The smallest absolute Gasteiger partial charge is 0.321 e. The summed E-state index contributed by atoms with van der Waals surface area (Å²) >= 11 is 0. The fourth-order valence-corrected chi connectivity index (χ4v) is 3.23. The number of carbonyl (C=O) groups excluding carboxylic acids is 1. The second-order valence-corrected chi connectivity index (χ2v) is 8.24. The summed E-state index contributed by atoms with van der Waals surface area (Å²) in [6.07, 6.45) is 0.996. The van der Waals surface area contributed by atoms with Gasteiger partial charge in [-0.1, -0.05) is 52.7 Å². The van der Waals surface area contributed by atoms with Gasteiger partial charge in [0.1, 0.15) is 6.04 Å². The topological polar surface area (TPSA) is 101 Å². The Hall–Kier alpha value is -1.73. The first-order valence-corrected chi connectivity index (χ1v) is 9.16. The van der Waals surface area contributed by atoms with Gasteiger partial charge in [0.25, 0.3) is 15.1 Å². The number of benzene rings is 1. The molecule has 0 fully saturated rings. The van der Waals surface area contributed by atoms with Crippen molar-refractivity contribution in [2.75, 3.05) is 0 Å². The minimum Gasteiger partial charge on any atom is -0.480 e. The van der Waals surface area contributed by atoms with Crippen LogP contribution in [-0.4, -0.2) is 30.7 Å². The Bertz CT molecular complexity index is 687.